The van der Waals surface area contributed by atoms with Gasteiger partial charge in [-0.2, -0.15) is 0 Å². The number of carbonyl (C=O) groups excluding carboxylic acids is 1. The summed E-state index contributed by atoms with van der Waals surface area (Å²) < 4.78 is 18.5. The van der Waals surface area contributed by atoms with Crippen LogP contribution < -0.4 is 10.1 Å². The van der Waals surface area contributed by atoms with Crippen molar-refractivity contribution in [1.82, 2.24) is 10.2 Å². The van der Waals surface area contributed by atoms with Gasteiger partial charge < -0.3 is 20.1 Å². The van der Waals surface area contributed by atoms with E-state index in [1.54, 1.807) is 24.1 Å². The normalized spacial score (nSPS) is 21.8. The maximum atomic E-state index is 12.9. The molecule has 0 saturated heterocycles. The lowest BCUT2D eigenvalue weighted by atomic mass is 9.86. The predicted molar refractivity (Wildman–Crippen MR) is 90.5 cm³/mol. The fourth-order valence-corrected chi connectivity index (χ4v) is 2.99. The molecule has 2 rings (SSSR count). The second-order valence-corrected chi connectivity index (χ2v) is 6.56. The van der Waals surface area contributed by atoms with Crippen LogP contribution in [0.5, 0.6) is 5.75 Å². The molecule has 2 N–H and O–H groups in total. The average Bonchev–Trinajstić information content (AvgIpc) is 2.56. The van der Waals surface area contributed by atoms with Crippen LogP contribution in [0.15, 0.2) is 24.3 Å². The van der Waals surface area contributed by atoms with Crippen molar-refractivity contribution >= 4 is 6.03 Å². The summed E-state index contributed by atoms with van der Waals surface area (Å²) in [5.41, 5.74) is 0. The highest BCUT2D eigenvalue weighted by atomic mass is 19.1. The zero-order valence-corrected chi connectivity index (χ0v) is 14.4. The van der Waals surface area contributed by atoms with Gasteiger partial charge in [-0.1, -0.05) is 12.8 Å². The second-order valence-electron chi connectivity index (χ2n) is 6.56. The SMILES string of the molecule is CC(CNC(=O)N(C)CC1CCCCC1O)Oc1ccc(F)cc1. The van der Waals surface area contributed by atoms with E-state index < -0.39 is 0 Å². The van der Waals surface area contributed by atoms with Gasteiger partial charge in [0.1, 0.15) is 17.7 Å². The molecule has 0 heterocycles. The van der Waals surface area contributed by atoms with Gasteiger partial charge in [-0.15, -0.1) is 0 Å². The molecule has 1 aliphatic rings. The highest BCUT2D eigenvalue weighted by Gasteiger charge is 2.25. The fraction of sp³-hybridized carbons (Fsp3) is 0.611. The van der Waals surface area contributed by atoms with Gasteiger partial charge in [0.25, 0.3) is 0 Å². The number of aliphatic hydroxyl groups is 1. The Bertz CT molecular complexity index is 524. The summed E-state index contributed by atoms with van der Waals surface area (Å²) in [5, 5.41) is 12.8. The smallest absolute Gasteiger partial charge is 0.317 e. The first-order valence-electron chi connectivity index (χ1n) is 8.55. The standard InChI is InChI=1S/C18H27FN2O3/c1-13(24-16-9-7-15(19)8-10-16)11-20-18(23)21(2)12-14-5-3-4-6-17(14)22/h7-10,13-14,17,22H,3-6,11-12H2,1-2H3,(H,20,23). The number of nitrogens with zero attached hydrogens (tertiary/aromatic N) is 1. The summed E-state index contributed by atoms with van der Waals surface area (Å²) >= 11 is 0. The van der Waals surface area contributed by atoms with Crippen molar-refractivity contribution in [2.24, 2.45) is 5.92 Å². The number of nitrogens with one attached hydrogen (secondary N) is 1. The Morgan fingerprint density at radius 1 is 1.38 bits per heavy atom. The van der Waals surface area contributed by atoms with Crippen molar-refractivity contribution in [3.05, 3.63) is 30.1 Å². The van der Waals surface area contributed by atoms with Crippen LogP contribution in [0.2, 0.25) is 0 Å². The van der Waals surface area contributed by atoms with Gasteiger partial charge in [-0.3, -0.25) is 0 Å². The molecule has 0 aliphatic heterocycles. The van der Waals surface area contributed by atoms with Crippen LogP contribution in [0.1, 0.15) is 32.6 Å². The van der Waals surface area contributed by atoms with E-state index >= 15 is 0 Å². The van der Waals surface area contributed by atoms with Gasteiger partial charge in [0, 0.05) is 19.5 Å². The molecule has 6 heteroatoms. The first-order chi connectivity index (χ1) is 11.5. The topological polar surface area (TPSA) is 61.8 Å². The molecule has 1 aromatic rings. The zero-order chi connectivity index (χ0) is 17.5. The number of hydrogen-bond acceptors (Lipinski definition) is 3. The van der Waals surface area contributed by atoms with Crippen molar-refractivity contribution < 1.29 is 19.0 Å². The molecule has 0 bridgehead atoms. The number of hydrogen-bond donors (Lipinski definition) is 2. The maximum Gasteiger partial charge on any atom is 0.317 e. The first kappa shape index (κ1) is 18.5. The third-order valence-corrected chi connectivity index (χ3v) is 4.42. The number of halogens is 1. The lowest BCUT2D eigenvalue weighted by molar-refractivity contribution is 0.0563. The van der Waals surface area contributed by atoms with Crippen molar-refractivity contribution in [2.75, 3.05) is 20.1 Å². The highest BCUT2D eigenvalue weighted by Crippen LogP contribution is 2.24. The number of aliphatic hydroxyl groups excluding tert-OH is 1. The summed E-state index contributed by atoms with van der Waals surface area (Å²) in [6.07, 6.45) is 3.42. The Labute approximate surface area is 142 Å². The number of rotatable bonds is 6. The molecule has 24 heavy (non-hydrogen) atoms. The maximum absolute atomic E-state index is 12.9. The number of amides is 2. The van der Waals surface area contributed by atoms with Gasteiger partial charge in [0.05, 0.1) is 12.6 Å². The largest absolute Gasteiger partial charge is 0.489 e. The Hall–Kier alpha value is -1.82. The minimum Gasteiger partial charge on any atom is -0.489 e. The third kappa shape index (κ3) is 5.67. The molecule has 0 aromatic heterocycles. The molecule has 1 saturated carbocycles. The van der Waals surface area contributed by atoms with Gasteiger partial charge >= 0.3 is 6.03 Å². The van der Waals surface area contributed by atoms with Crippen LogP contribution >= 0.6 is 0 Å². The zero-order valence-electron chi connectivity index (χ0n) is 14.4. The predicted octanol–water partition coefficient (Wildman–Crippen LogP) is 2.79. The average molecular weight is 338 g/mol. The van der Waals surface area contributed by atoms with E-state index in [0.717, 1.165) is 25.7 Å². The van der Waals surface area contributed by atoms with Gasteiger partial charge in [-0.05, 0) is 44.0 Å². The monoisotopic (exact) mass is 338 g/mol. The molecule has 1 aliphatic carbocycles. The number of carbonyl (C=O) groups is 1. The summed E-state index contributed by atoms with van der Waals surface area (Å²) in [7, 11) is 1.74. The van der Waals surface area contributed by atoms with E-state index in [-0.39, 0.29) is 30.0 Å². The Kier molecular flexibility index (Phi) is 6.85. The molecule has 0 spiro atoms. The summed E-state index contributed by atoms with van der Waals surface area (Å²) in [6, 6.07) is 5.62. The van der Waals surface area contributed by atoms with Crippen LogP contribution in [0.3, 0.4) is 0 Å². The van der Waals surface area contributed by atoms with Crippen LogP contribution in [0.25, 0.3) is 0 Å². The van der Waals surface area contributed by atoms with E-state index in [1.807, 2.05) is 6.92 Å². The molecule has 3 unspecified atom stereocenters. The minimum absolute atomic E-state index is 0.155. The second kappa shape index (κ2) is 8.87. The van der Waals surface area contributed by atoms with Gasteiger partial charge in [0.2, 0.25) is 0 Å². The minimum atomic E-state index is -0.310. The molecule has 134 valence electrons. The molecule has 2 amide bonds. The number of benzene rings is 1. The Morgan fingerprint density at radius 3 is 2.71 bits per heavy atom. The number of ether oxygens (including phenoxy) is 1. The van der Waals surface area contributed by atoms with Crippen LogP contribution in [-0.4, -0.2) is 48.4 Å². The first-order valence-corrected chi connectivity index (χ1v) is 8.55. The molecule has 3 atom stereocenters. The van der Waals surface area contributed by atoms with Crippen molar-refractivity contribution in [3.8, 4) is 5.75 Å². The molecular weight excluding hydrogens is 311 g/mol. The van der Waals surface area contributed by atoms with E-state index in [9.17, 15) is 14.3 Å². The lowest BCUT2D eigenvalue weighted by Gasteiger charge is -2.31. The third-order valence-electron chi connectivity index (χ3n) is 4.42. The number of urea groups is 1. The van der Waals surface area contributed by atoms with Crippen LogP contribution in [0.4, 0.5) is 9.18 Å². The Balaban J connectivity index is 1.72. The molecular formula is C18H27FN2O3. The van der Waals surface area contributed by atoms with E-state index in [1.165, 1.54) is 12.1 Å². The lowest BCUT2D eigenvalue weighted by Crippen LogP contribution is -2.45. The molecule has 1 aromatic carbocycles. The summed E-state index contributed by atoms with van der Waals surface area (Å²) in [6.45, 7) is 2.75. The summed E-state index contributed by atoms with van der Waals surface area (Å²) in [5.74, 6) is 0.411. The highest BCUT2D eigenvalue weighted by molar-refractivity contribution is 5.73. The van der Waals surface area contributed by atoms with E-state index in [0.29, 0.717) is 18.8 Å². The molecule has 5 nitrogen and oxygen atoms in total. The summed E-state index contributed by atoms with van der Waals surface area (Å²) in [4.78, 5) is 13.8. The van der Waals surface area contributed by atoms with Crippen molar-refractivity contribution in [2.45, 2.75) is 44.8 Å². The van der Waals surface area contributed by atoms with E-state index in [2.05, 4.69) is 5.32 Å². The Morgan fingerprint density at radius 2 is 2.04 bits per heavy atom. The molecule has 0 radical (unpaired) electrons. The van der Waals surface area contributed by atoms with Crippen molar-refractivity contribution in [1.29, 1.82) is 0 Å². The van der Waals surface area contributed by atoms with Crippen LogP contribution in [0, 0.1) is 11.7 Å². The molecule has 1 fully saturated rings. The van der Waals surface area contributed by atoms with E-state index in [4.69, 9.17) is 4.74 Å². The van der Waals surface area contributed by atoms with Gasteiger partial charge in [-0.25, -0.2) is 9.18 Å². The van der Waals surface area contributed by atoms with Crippen LogP contribution in [-0.2, 0) is 0 Å². The van der Waals surface area contributed by atoms with Crippen molar-refractivity contribution in [3.63, 3.8) is 0 Å². The fourth-order valence-electron chi connectivity index (χ4n) is 2.99. The van der Waals surface area contributed by atoms with Gasteiger partial charge in [0.15, 0.2) is 0 Å². The quantitative estimate of drug-likeness (QED) is 0.838.